The minimum absolute atomic E-state index is 0.258. The largest absolute Gasteiger partial charge is 0.396 e. The van der Waals surface area contributed by atoms with Gasteiger partial charge in [0, 0.05) is 25.7 Å². The quantitative estimate of drug-likeness (QED) is 0.547. The monoisotopic (exact) mass is 206 g/mol. The van der Waals surface area contributed by atoms with E-state index in [1.807, 2.05) is 6.92 Å². The Labute approximate surface area is 88.6 Å². The van der Waals surface area contributed by atoms with Crippen LogP contribution in [0.4, 0.5) is 5.69 Å². The number of aryl methyl sites for hydroxylation is 1. The van der Waals surface area contributed by atoms with Crippen molar-refractivity contribution >= 4 is 11.6 Å². The molecule has 0 fully saturated rings. The number of aromatic nitrogens is 2. The van der Waals surface area contributed by atoms with Gasteiger partial charge in [0.05, 0.1) is 5.69 Å². The van der Waals surface area contributed by atoms with Gasteiger partial charge in [-0.15, -0.1) is 12.3 Å². The molecule has 0 aliphatic rings. The Hall–Kier alpha value is -1.96. The number of nitrogens with one attached hydrogen (secondary N) is 1. The van der Waals surface area contributed by atoms with E-state index < -0.39 is 0 Å². The lowest BCUT2D eigenvalue weighted by atomic mass is 10.3. The van der Waals surface area contributed by atoms with Crippen LogP contribution in [0.1, 0.15) is 23.8 Å². The van der Waals surface area contributed by atoms with Gasteiger partial charge in [0.25, 0.3) is 5.91 Å². The molecular formula is C10H14N4O. The minimum Gasteiger partial charge on any atom is -0.396 e. The maximum atomic E-state index is 11.5. The molecule has 0 saturated heterocycles. The second-order valence-electron chi connectivity index (χ2n) is 3.00. The molecule has 0 saturated carbocycles. The first kappa shape index (κ1) is 11.1. The van der Waals surface area contributed by atoms with Crippen molar-refractivity contribution < 1.29 is 4.79 Å². The van der Waals surface area contributed by atoms with Crippen LogP contribution in [0.3, 0.4) is 0 Å². The van der Waals surface area contributed by atoms with Crippen LogP contribution < -0.4 is 11.1 Å². The lowest BCUT2D eigenvalue weighted by Gasteiger charge is -2.00. The van der Waals surface area contributed by atoms with Crippen LogP contribution in [0.25, 0.3) is 0 Å². The predicted molar refractivity (Wildman–Crippen MR) is 58.1 cm³/mol. The fourth-order valence-corrected chi connectivity index (χ4v) is 1.11. The van der Waals surface area contributed by atoms with Crippen LogP contribution in [0.5, 0.6) is 0 Å². The summed E-state index contributed by atoms with van der Waals surface area (Å²) in [5.41, 5.74) is 6.28. The number of terminal acetylenes is 1. The van der Waals surface area contributed by atoms with Gasteiger partial charge in [-0.3, -0.25) is 9.48 Å². The van der Waals surface area contributed by atoms with Crippen molar-refractivity contribution in [3.63, 3.8) is 0 Å². The summed E-state index contributed by atoms with van der Waals surface area (Å²) in [6, 6.07) is 0. The van der Waals surface area contributed by atoms with Crippen LogP contribution in [-0.2, 0) is 6.54 Å². The van der Waals surface area contributed by atoms with Crippen molar-refractivity contribution in [3.8, 4) is 12.3 Å². The smallest absolute Gasteiger partial charge is 0.273 e. The summed E-state index contributed by atoms with van der Waals surface area (Å²) in [6.07, 6.45) is 7.20. The standard InChI is InChI=1S/C10H14N4O/c1-3-5-6-12-10(15)9-8(11)7-14(4-2)13-9/h1,7H,4-6,11H2,2H3,(H,12,15). The van der Waals surface area contributed by atoms with Crippen molar-refractivity contribution in [1.82, 2.24) is 15.1 Å². The Bertz CT molecular complexity index is 389. The molecule has 15 heavy (non-hydrogen) atoms. The van der Waals surface area contributed by atoms with Crippen LogP contribution in [0, 0.1) is 12.3 Å². The van der Waals surface area contributed by atoms with Crippen molar-refractivity contribution in [3.05, 3.63) is 11.9 Å². The van der Waals surface area contributed by atoms with Crippen molar-refractivity contribution in [2.45, 2.75) is 19.9 Å². The maximum absolute atomic E-state index is 11.5. The second-order valence-corrected chi connectivity index (χ2v) is 3.00. The van der Waals surface area contributed by atoms with Crippen molar-refractivity contribution in [1.29, 1.82) is 0 Å². The SMILES string of the molecule is C#CCCNC(=O)c1nn(CC)cc1N. The highest BCUT2D eigenvalue weighted by Crippen LogP contribution is 2.08. The summed E-state index contributed by atoms with van der Waals surface area (Å²) in [5.74, 6) is 2.15. The van der Waals surface area contributed by atoms with Crippen molar-refractivity contribution in [2.24, 2.45) is 0 Å². The number of hydrogen-bond acceptors (Lipinski definition) is 3. The van der Waals surface area contributed by atoms with Gasteiger partial charge in [-0.05, 0) is 6.92 Å². The van der Waals surface area contributed by atoms with E-state index in [1.165, 1.54) is 0 Å². The summed E-state index contributed by atoms with van der Waals surface area (Å²) in [4.78, 5) is 11.5. The van der Waals surface area contributed by atoms with E-state index in [0.29, 0.717) is 25.2 Å². The molecular weight excluding hydrogens is 192 g/mol. The third kappa shape index (κ3) is 2.74. The van der Waals surface area contributed by atoms with Gasteiger partial charge in [-0.1, -0.05) is 0 Å². The highest BCUT2D eigenvalue weighted by Gasteiger charge is 2.13. The Balaban J connectivity index is 2.65. The number of carbonyl (C=O) groups is 1. The van der Waals surface area contributed by atoms with Gasteiger partial charge in [0.15, 0.2) is 5.69 Å². The molecule has 0 aliphatic heterocycles. The van der Waals surface area contributed by atoms with Crippen LogP contribution in [-0.4, -0.2) is 22.2 Å². The molecule has 5 heteroatoms. The van der Waals surface area contributed by atoms with E-state index in [0.717, 1.165) is 0 Å². The number of amides is 1. The Morgan fingerprint density at radius 2 is 2.53 bits per heavy atom. The second kappa shape index (κ2) is 5.05. The Morgan fingerprint density at radius 3 is 3.07 bits per heavy atom. The molecule has 1 amide bonds. The van der Waals surface area contributed by atoms with Gasteiger partial charge in [0.1, 0.15) is 0 Å². The molecule has 1 rings (SSSR count). The molecule has 0 bridgehead atoms. The Kier molecular flexibility index (Phi) is 3.75. The van der Waals surface area contributed by atoms with E-state index in [9.17, 15) is 4.79 Å². The molecule has 0 unspecified atom stereocenters. The first-order valence-corrected chi connectivity index (χ1v) is 4.73. The summed E-state index contributed by atoms with van der Waals surface area (Å²) in [5, 5.41) is 6.68. The van der Waals surface area contributed by atoms with Crippen LogP contribution in [0.15, 0.2) is 6.20 Å². The number of hydrogen-bond donors (Lipinski definition) is 2. The highest BCUT2D eigenvalue weighted by atomic mass is 16.1. The maximum Gasteiger partial charge on any atom is 0.273 e. The van der Waals surface area contributed by atoms with Gasteiger partial charge in [-0.2, -0.15) is 5.10 Å². The normalized spacial score (nSPS) is 9.60. The average Bonchev–Trinajstić information content (AvgIpc) is 2.60. The molecule has 0 radical (unpaired) electrons. The highest BCUT2D eigenvalue weighted by molar-refractivity contribution is 5.96. The summed E-state index contributed by atoms with van der Waals surface area (Å²) < 4.78 is 1.62. The molecule has 1 aromatic heterocycles. The van der Waals surface area contributed by atoms with Crippen LogP contribution >= 0.6 is 0 Å². The summed E-state index contributed by atoms with van der Waals surface area (Å²) >= 11 is 0. The molecule has 0 atom stereocenters. The number of nitrogen functional groups attached to an aromatic ring is 1. The van der Waals surface area contributed by atoms with Crippen LogP contribution in [0.2, 0.25) is 0 Å². The third-order valence-electron chi connectivity index (χ3n) is 1.88. The lowest BCUT2D eigenvalue weighted by Crippen LogP contribution is -2.25. The zero-order valence-electron chi connectivity index (χ0n) is 8.66. The zero-order chi connectivity index (χ0) is 11.3. The molecule has 3 N–H and O–H groups in total. The number of rotatable bonds is 4. The molecule has 1 aromatic rings. The molecule has 1 heterocycles. The topological polar surface area (TPSA) is 72.9 Å². The van der Waals surface area contributed by atoms with Gasteiger partial charge in [0.2, 0.25) is 0 Å². The first-order valence-electron chi connectivity index (χ1n) is 4.73. The fraction of sp³-hybridized carbons (Fsp3) is 0.400. The summed E-state index contributed by atoms with van der Waals surface area (Å²) in [6.45, 7) is 3.04. The van der Waals surface area contributed by atoms with Gasteiger partial charge in [-0.25, -0.2) is 0 Å². The number of carbonyl (C=O) groups excluding carboxylic acids is 1. The molecule has 0 aromatic carbocycles. The fourth-order valence-electron chi connectivity index (χ4n) is 1.11. The van der Waals surface area contributed by atoms with E-state index >= 15 is 0 Å². The molecule has 80 valence electrons. The van der Waals surface area contributed by atoms with E-state index in [1.54, 1.807) is 10.9 Å². The lowest BCUT2D eigenvalue weighted by molar-refractivity contribution is 0.0949. The molecule has 0 spiro atoms. The first-order chi connectivity index (χ1) is 7.19. The predicted octanol–water partition coefficient (Wildman–Crippen LogP) is 0.238. The average molecular weight is 206 g/mol. The number of nitrogens with zero attached hydrogens (tertiary/aromatic N) is 2. The van der Waals surface area contributed by atoms with E-state index in [2.05, 4.69) is 16.3 Å². The number of nitrogens with two attached hydrogens (primary N) is 1. The third-order valence-corrected chi connectivity index (χ3v) is 1.88. The zero-order valence-corrected chi connectivity index (χ0v) is 8.66. The minimum atomic E-state index is -0.282. The summed E-state index contributed by atoms with van der Waals surface area (Å²) in [7, 11) is 0. The van der Waals surface area contributed by atoms with Gasteiger partial charge < -0.3 is 11.1 Å². The molecule has 5 nitrogen and oxygen atoms in total. The van der Waals surface area contributed by atoms with Crippen molar-refractivity contribution in [2.75, 3.05) is 12.3 Å². The number of anilines is 1. The van der Waals surface area contributed by atoms with Gasteiger partial charge >= 0.3 is 0 Å². The van der Waals surface area contributed by atoms with E-state index in [-0.39, 0.29) is 11.6 Å². The molecule has 0 aliphatic carbocycles. The Morgan fingerprint density at radius 1 is 1.80 bits per heavy atom. The van der Waals surface area contributed by atoms with E-state index in [4.69, 9.17) is 12.2 Å².